The molecule has 2 fully saturated rings. The van der Waals surface area contributed by atoms with Crippen LogP contribution in [0, 0.1) is 17.8 Å². The Morgan fingerprint density at radius 3 is 2.47 bits per heavy atom. The van der Waals surface area contributed by atoms with Gasteiger partial charge in [-0.2, -0.15) is 0 Å². The molecule has 1 aliphatic heterocycles. The summed E-state index contributed by atoms with van der Waals surface area (Å²) in [7, 11) is 0. The van der Waals surface area contributed by atoms with Crippen LogP contribution >= 0.6 is 0 Å². The van der Waals surface area contributed by atoms with E-state index in [0.29, 0.717) is 0 Å². The van der Waals surface area contributed by atoms with E-state index in [2.05, 4.69) is 0 Å². The Labute approximate surface area is 93.6 Å². The molecule has 88 valence electrons. The fourth-order valence-electron chi connectivity index (χ4n) is 3.50. The SMILES string of the molecule is NCCC(C1CCCCC1)C1CCOC1. The molecule has 2 nitrogen and oxygen atoms in total. The van der Waals surface area contributed by atoms with Crippen molar-refractivity contribution in [3.8, 4) is 0 Å². The van der Waals surface area contributed by atoms with Crippen molar-refractivity contribution in [1.29, 1.82) is 0 Å². The second-order valence-electron chi connectivity index (χ2n) is 5.26. The van der Waals surface area contributed by atoms with Crippen molar-refractivity contribution in [2.45, 2.75) is 44.9 Å². The minimum Gasteiger partial charge on any atom is -0.381 e. The number of hydrogen-bond acceptors (Lipinski definition) is 2. The maximum absolute atomic E-state index is 5.76. The molecule has 0 spiro atoms. The quantitative estimate of drug-likeness (QED) is 0.775. The molecule has 0 aromatic heterocycles. The molecule has 2 N–H and O–H groups in total. The number of nitrogens with two attached hydrogens (primary N) is 1. The van der Waals surface area contributed by atoms with Gasteiger partial charge in [-0.15, -0.1) is 0 Å². The Morgan fingerprint density at radius 2 is 1.87 bits per heavy atom. The Balaban J connectivity index is 1.90. The van der Waals surface area contributed by atoms with Gasteiger partial charge in [-0.25, -0.2) is 0 Å². The summed E-state index contributed by atoms with van der Waals surface area (Å²) in [6, 6.07) is 0. The zero-order chi connectivity index (χ0) is 10.5. The summed E-state index contributed by atoms with van der Waals surface area (Å²) in [6.07, 6.45) is 9.73. The largest absolute Gasteiger partial charge is 0.381 e. The van der Waals surface area contributed by atoms with Crippen LogP contribution in [0.5, 0.6) is 0 Å². The first kappa shape index (κ1) is 11.4. The van der Waals surface area contributed by atoms with Gasteiger partial charge in [0, 0.05) is 13.2 Å². The van der Waals surface area contributed by atoms with Gasteiger partial charge in [0.1, 0.15) is 0 Å². The van der Waals surface area contributed by atoms with Crippen LogP contribution < -0.4 is 5.73 Å². The number of rotatable bonds is 4. The average molecular weight is 211 g/mol. The van der Waals surface area contributed by atoms with E-state index in [9.17, 15) is 0 Å². The van der Waals surface area contributed by atoms with Gasteiger partial charge in [0.2, 0.25) is 0 Å². The van der Waals surface area contributed by atoms with Crippen LogP contribution in [0.2, 0.25) is 0 Å². The topological polar surface area (TPSA) is 35.2 Å². The third kappa shape index (κ3) is 2.94. The van der Waals surface area contributed by atoms with E-state index in [4.69, 9.17) is 10.5 Å². The van der Waals surface area contributed by atoms with Crippen LogP contribution in [-0.4, -0.2) is 19.8 Å². The highest BCUT2D eigenvalue weighted by atomic mass is 16.5. The first-order chi connectivity index (χ1) is 7.42. The molecule has 0 aromatic carbocycles. The van der Waals surface area contributed by atoms with Crippen LogP contribution in [0.15, 0.2) is 0 Å². The molecule has 0 aromatic rings. The average Bonchev–Trinajstić information content (AvgIpc) is 2.80. The summed E-state index contributed by atoms with van der Waals surface area (Å²) in [5.41, 5.74) is 5.76. The Morgan fingerprint density at radius 1 is 1.07 bits per heavy atom. The maximum atomic E-state index is 5.76. The molecular weight excluding hydrogens is 186 g/mol. The Hall–Kier alpha value is -0.0800. The van der Waals surface area contributed by atoms with Crippen molar-refractivity contribution in [2.75, 3.05) is 19.8 Å². The third-order valence-corrected chi connectivity index (χ3v) is 4.33. The summed E-state index contributed by atoms with van der Waals surface area (Å²) in [6.45, 7) is 2.84. The molecule has 1 saturated heterocycles. The van der Waals surface area contributed by atoms with Crippen LogP contribution in [0.1, 0.15) is 44.9 Å². The van der Waals surface area contributed by atoms with E-state index in [0.717, 1.165) is 37.5 Å². The van der Waals surface area contributed by atoms with Crippen LogP contribution in [0.3, 0.4) is 0 Å². The minimum atomic E-state index is 0.816. The summed E-state index contributed by atoms with van der Waals surface area (Å²) in [5, 5.41) is 0. The standard InChI is InChI=1S/C13H25NO/c14-8-6-13(12-7-9-15-10-12)11-4-2-1-3-5-11/h11-13H,1-10,14H2. The van der Waals surface area contributed by atoms with Gasteiger partial charge >= 0.3 is 0 Å². The highest BCUT2D eigenvalue weighted by molar-refractivity contribution is 4.81. The molecule has 0 amide bonds. The first-order valence-electron chi connectivity index (χ1n) is 6.69. The molecule has 2 unspecified atom stereocenters. The van der Waals surface area contributed by atoms with E-state index < -0.39 is 0 Å². The zero-order valence-corrected chi connectivity index (χ0v) is 9.79. The highest BCUT2D eigenvalue weighted by Crippen LogP contribution is 2.38. The summed E-state index contributed by atoms with van der Waals surface area (Å²) in [4.78, 5) is 0. The van der Waals surface area contributed by atoms with Gasteiger partial charge in [-0.1, -0.05) is 32.1 Å². The molecular formula is C13H25NO. The van der Waals surface area contributed by atoms with Crippen molar-refractivity contribution in [2.24, 2.45) is 23.5 Å². The number of hydrogen-bond donors (Lipinski definition) is 1. The fraction of sp³-hybridized carbons (Fsp3) is 1.00. The van der Waals surface area contributed by atoms with E-state index in [1.165, 1.54) is 44.9 Å². The van der Waals surface area contributed by atoms with E-state index >= 15 is 0 Å². The van der Waals surface area contributed by atoms with Crippen LogP contribution in [-0.2, 0) is 4.74 Å². The van der Waals surface area contributed by atoms with Crippen molar-refractivity contribution in [1.82, 2.24) is 0 Å². The predicted octanol–water partition coefficient (Wildman–Crippen LogP) is 2.57. The lowest BCUT2D eigenvalue weighted by Gasteiger charge is -2.33. The zero-order valence-electron chi connectivity index (χ0n) is 9.79. The first-order valence-corrected chi connectivity index (χ1v) is 6.69. The molecule has 2 atom stereocenters. The van der Waals surface area contributed by atoms with Crippen molar-refractivity contribution in [3.05, 3.63) is 0 Å². The van der Waals surface area contributed by atoms with Gasteiger partial charge < -0.3 is 10.5 Å². The van der Waals surface area contributed by atoms with Gasteiger partial charge in [0.05, 0.1) is 0 Å². The molecule has 1 saturated carbocycles. The number of ether oxygens (including phenoxy) is 1. The molecule has 1 heterocycles. The summed E-state index contributed by atoms with van der Waals surface area (Å²) >= 11 is 0. The smallest absolute Gasteiger partial charge is 0.0497 e. The normalized spacial score (nSPS) is 30.6. The van der Waals surface area contributed by atoms with Crippen molar-refractivity contribution in [3.63, 3.8) is 0 Å². The van der Waals surface area contributed by atoms with Gasteiger partial charge in [0.25, 0.3) is 0 Å². The van der Waals surface area contributed by atoms with Gasteiger partial charge in [0.15, 0.2) is 0 Å². The van der Waals surface area contributed by atoms with Gasteiger partial charge in [-0.3, -0.25) is 0 Å². The van der Waals surface area contributed by atoms with E-state index in [-0.39, 0.29) is 0 Å². The lowest BCUT2D eigenvalue weighted by Crippen LogP contribution is -2.28. The second kappa shape index (κ2) is 5.86. The summed E-state index contributed by atoms with van der Waals surface area (Å²) < 4.78 is 5.53. The Kier molecular flexibility index (Phi) is 4.45. The predicted molar refractivity (Wildman–Crippen MR) is 62.7 cm³/mol. The van der Waals surface area contributed by atoms with Crippen LogP contribution in [0.25, 0.3) is 0 Å². The Bertz CT molecular complexity index is 171. The third-order valence-electron chi connectivity index (χ3n) is 4.33. The molecule has 0 radical (unpaired) electrons. The van der Waals surface area contributed by atoms with Gasteiger partial charge in [-0.05, 0) is 37.1 Å². The monoisotopic (exact) mass is 211 g/mol. The van der Waals surface area contributed by atoms with Crippen molar-refractivity contribution >= 4 is 0 Å². The maximum Gasteiger partial charge on any atom is 0.0497 e. The lowest BCUT2D eigenvalue weighted by atomic mass is 9.72. The molecule has 0 bridgehead atoms. The highest BCUT2D eigenvalue weighted by Gasteiger charge is 2.31. The fourth-order valence-corrected chi connectivity index (χ4v) is 3.50. The van der Waals surface area contributed by atoms with E-state index in [1.807, 2.05) is 0 Å². The molecule has 1 aliphatic carbocycles. The second-order valence-corrected chi connectivity index (χ2v) is 5.26. The van der Waals surface area contributed by atoms with Crippen LogP contribution in [0.4, 0.5) is 0 Å². The molecule has 2 heteroatoms. The van der Waals surface area contributed by atoms with E-state index in [1.54, 1.807) is 0 Å². The summed E-state index contributed by atoms with van der Waals surface area (Å²) in [5.74, 6) is 2.63. The minimum absolute atomic E-state index is 0.816. The molecule has 2 rings (SSSR count). The molecule has 2 aliphatic rings. The van der Waals surface area contributed by atoms with Crippen molar-refractivity contribution < 1.29 is 4.74 Å². The lowest BCUT2D eigenvalue weighted by molar-refractivity contribution is 0.132. The molecule has 15 heavy (non-hydrogen) atoms.